The van der Waals surface area contributed by atoms with E-state index in [1.165, 1.54) is 16.7 Å². The summed E-state index contributed by atoms with van der Waals surface area (Å²) in [5, 5.41) is 0.746. The van der Waals surface area contributed by atoms with Gasteiger partial charge in [-0.1, -0.05) is 60.1 Å². The molecule has 0 N–H and O–H groups in total. The number of benzene rings is 3. The smallest absolute Gasteiger partial charge is 0.120 e. The summed E-state index contributed by atoms with van der Waals surface area (Å²) in [6.45, 7) is 1.38. The first-order chi connectivity index (χ1) is 13.3. The van der Waals surface area contributed by atoms with Gasteiger partial charge < -0.3 is 4.74 Å². The van der Waals surface area contributed by atoms with E-state index in [2.05, 4.69) is 41.4 Å². The zero-order valence-corrected chi connectivity index (χ0v) is 15.7. The number of aliphatic imine (C=N–C) groups is 1. The van der Waals surface area contributed by atoms with Crippen LogP contribution in [0.1, 0.15) is 22.3 Å². The Morgan fingerprint density at radius 2 is 1.74 bits per heavy atom. The topological polar surface area (TPSA) is 21.6 Å². The molecule has 4 rings (SSSR count). The van der Waals surface area contributed by atoms with Gasteiger partial charge in [-0.05, 0) is 59.5 Å². The van der Waals surface area contributed by atoms with Crippen LogP contribution in [0.15, 0.2) is 83.9 Å². The van der Waals surface area contributed by atoms with E-state index in [1.807, 2.05) is 48.5 Å². The van der Waals surface area contributed by atoms with Crippen molar-refractivity contribution >= 4 is 23.4 Å². The fourth-order valence-electron chi connectivity index (χ4n) is 3.13. The molecule has 1 heterocycles. The maximum atomic E-state index is 5.96. The van der Waals surface area contributed by atoms with Crippen molar-refractivity contribution in [2.45, 2.75) is 13.0 Å². The molecule has 1 aliphatic rings. The molecule has 27 heavy (non-hydrogen) atoms. The van der Waals surface area contributed by atoms with Crippen molar-refractivity contribution in [3.8, 4) is 5.75 Å². The summed E-state index contributed by atoms with van der Waals surface area (Å²) in [6, 6.07) is 24.3. The highest BCUT2D eigenvalue weighted by Crippen LogP contribution is 2.24. The monoisotopic (exact) mass is 373 g/mol. The third-order valence-electron chi connectivity index (χ3n) is 4.57. The predicted molar refractivity (Wildman–Crippen MR) is 113 cm³/mol. The largest absolute Gasteiger partial charge is 0.489 e. The molecule has 3 heteroatoms. The fraction of sp³-hybridized carbons (Fsp3) is 0.125. The number of allylic oxidation sites excluding steroid dienone is 1. The third-order valence-corrected chi connectivity index (χ3v) is 4.82. The van der Waals surface area contributed by atoms with Crippen molar-refractivity contribution in [2.24, 2.45) is 4.99 Å². The van der Waals surface area contributed by atoms with E-state index in [4.69, 9.17) is 16.3 Å². The average molecular weight is 374 g/mol. The Kier molecular flexibility index (Phi) is 5.36. The van der Waals surface area contributed by atoms with Crippen molar-refractivity contribution in [1.29, 1.82) is 0 Å². The molecular weight excluding hydrogens is 354 g/mol. The molecule has 0 fully saturated rings. The van der Waals surface area contributed by atoms with E-state index in [1.54, 1.807) is 0 Å². The molecule has 134 valence electrons. The molecule has 0 saturated carbocycles. The van der Waals surface area contributed by atoms with Crippen molar-refractivity contribution in [2.75, 3.05) is 6.54 Å². The van der Waals surface area contributed by atoms with Gasteiger partial charge in [0.15, 0.2) is 0 Å². The van der Waals surface area contributed by atoms with Crippen LogP contribution in [0.5, 0.6) is 5.75 Å². The molecule has 1 aliphatic heterocycles. The maximum absolute atomic E-state index is 5.96. The van der Waals surface area contributed by atoms with Gasteiger partial charge in [0.25, 0.3) is 0 Å². The van der Waals surface area contributed by atoms with E-state index >= 15 is 0 Å². The van der Waals surface area contributed by atoms with Gasteiger partial charge >= 0.3 is 0 Å². The Hall–Kier alpha value is -2.84. The van der Waals surface area contributed by atoms with Crippen LogP contribution in [0.25, 0.3) is 6.08 Å². The van der Waals surface area contributed by atoms with Crippen LogP contribution in [0.4, 0.5) is 0 Å². The zero-order valence-electron chi connectivity index (χ0n) is 14.9. The summed E-state index contributed by atoms with van der Waals surface area (Å²) in [5.41, 5.74) is 5.76. The van der Waals surface area contributed by atoms with E-state index in [-0.39, 0.29) is 0 Å². The van der Waals surface area contributed by atoms with Crippen molar-refractivity contribution < 1.29 is 4.74 Å². The number of nitrogens with zero attached hydrogens (tertiary/aromatic N) is 1. The lowest BCUT2D eigenvalue weighted by Crippen LogP contribution is -2.11. The quantitative estimate of drug-likeness (QED) is 0.539. The highest BCUT2D eigenvalue weighted by atomic mass is 35.5. The molecule has 0 radical (unpaired) electrons. The number of hydrogen-bond acceptors (Lipinski definition) is 2. The Morgan fingerprint density at radius 1 is 0.926 bits per heavy atom. The number of halogens is 1. The fourth-order valence-corrected chi connectivity index (χ4v) is 3.26. The van der Waals surface area contributed by atoms with Crippen LogP contribution in [-0.2, 0) is 13.0 Å². The number of rotatable bonds is 5. The highest BCUT2D eigenvalue weighted by molar-refractivity contribution is 6.30. The minimum Gasteiger partial charge on any atom is -0.489 e. The molecular formula is C24H20ClNO. The molecule has 0 atom stereocenters. The highest BCUT2D eigenvalue weighted by Gasteiger charge is 2.13. The summed E-state index contributed by atoms with van der Waals surface area (Å²) < 4.78 is 5.96. The van der Waals surface area contributed by atoms with Gasteiger partial charge in [0, 0.05) is 17.1 Å². The second kappa shape index (κ2) is 8.24. The average Bonchev–Trinajstić information content (AvgIpc) is 2.72. The molecule has 0 aromatic heterocycles. The Balaban J connectivity index is 1.49. The Morgan fingerprint density at radius 3 is 2.56 bits per heavy atom. The lowest BCUT2D eigenvalue weighted by Gasteiger charge is -2.16. The van der Waals surface area contributed by atoms with Crippen molar-refractivity contribution in [1.82, 2.24) is 0 Å². The van der Waals surface area contributed by atoms with E-state index in [0.29, 0.717) is 6.61 Å². The van der Waals surface area contributed by atoms with Crippen LogP contribution in [0.2, 0.25) is 5.02 Å². The first-order valence-electron chi connectivity index (χ1n) is 9.06. The summed E-state index contributed by atoms with van der Waals surface area (Å²) >= 11 is 5.95. The predicted octanol–water partition coefficient (Wildman–Crippen LogP) is 5.98. The van der Waals surface area contributed by atoms with Gasteiger partial charge in [0.1, 0.15) is 12.4 Å². The van der Waals surface area contributed by atoms with Crippen molar-refractivity contribution in [3.63, 3.8) is 0 Å². The molecule has 2 nitrogen and oxygen atoms in total. The molecule has 0 aliphatic carbocycles. The van der Waals surface area contributed by atoms with Crippen molar-refractivity contribution in [3.05, 3.63) is 106 Å². The van der Waals surface area contributed by atoms with Crippen LogP contribution in [0.3, 0.4) is 0 Å². The molecule has 3 aromatic rings. The standard InChI is InChI=1S/C24H20ClNO/c25-21-9-6-18(7-10-21)8-13-24-23-12-11-22(16-20(23)14-15-26-24)27-17-19-4-2-1-3-5-19/h1-13,16H,14-15,17H2/b13-8+. The summed E-state index contributed by atoms with van der Waals surface area (Å²) in [4.78, 5) is 4.69. The molecule has 0 unspecified atom stereocenters. The third kappa shape index (κ3) is 4.47. The Labute approximate surface area is 164 Å². The zero-order chi connectivity index (χ0) is 18.5. The second-order valence-electron chi connectivity index (χ2n) is 6.50. The van der Waals surface area contributed by atoms with Gasteiger partial charge in [-0.15, -0.1) is 0 Å². The summed E-state index contributed by atoms with van der Waals surface area (Å²) in [7, 11) is 0. The van der Waals surface area contributed by atoms with Crippen LogP contribution < -0.4 is 4.74 Å². The minimum atomic E-state index is 0.580. The van der Waals surface area contributed by atoms with Gasteiger partial charge in [-0.25, -0.2) is 0 Å². The number of fused-ring (bicyclic) bond motifs is 1. The van der Waals surface area contributed by atoms with Crippen LogP contribution in [0, 0.1) is 0 Å². The van der Waals surface area contributed by atoms with E-state index in [0.717, 1.165) is 35.0 Å². The maximum Gasteiger partial charge on any atom is 0.120 e. The Bertz CT molecular complexity index is 975. The molecule has 0 saturated heterocycles. The second-order valence-corrected chi connectivity index (χ2v) is 6.93. The molecule has 0 amide bonds. The van der Waals surface area contributed by atoms with E-state index in [9.17, 15) is 0 Å². The molecule has 0 bridgehead atoms. The van der Waals surface area contributed by atoms with Crippen LogP contribution in [-0.4, -0.2) is 12.3 Å². The number of ether oxygens (including phenoxy) is 1. The lowest BCUT2D eigenvalue weighted by atomic mass is 9.96. The van der Waals surface area contributed by atoms with Gasteiger partial charge in [0.05, 0.1) is 5.71 Å². The SMILES string of the molecule is Clc1ccc(/C=C/C2=NCCc3cc(OCc4ccccc4)ccc32)cc1. The normalized spacial score (nSPS) is 13.3. The first kappa shape index (κ1) is 17.6. The van der Waals surface area contributed by atoms with Crippen LogP contribution >= 0.6 is 11.6 Å². The van der Waals surface area contributed by atoms with Gasteiger partial charge in [-0.2, -0.15) is 0 Å². The van der Waals surface area contributed by atoms with E-state index < -0.39 is 0 Å². The molecule has 3 aromatic carbocycles. The van der Waals surface area contributed by atoms with Gasteiger partial charge in [0.2, 0.25) is 0 Å². The van der Waals surface area contributed by atoms with Gasteiger partial charge in [-0.3, -0.25) is 4.99 Å². The minimum absolute atomic E-state index is 0.580. The summed E-state index contributed by atoms with van der Waals surface area (Å²) in [5.74, 6) is 0.903. The molecule has 0 spiro atoms. The number of hydrogen-bond donors (Lipinski definition) is 0. The lowest BCUT2D eigenvalue weighted by molar-refractivity contribution is 0.306. The first-order valence-corrected chi connectivity index (χ1v) is 9.44. The summed E-state index contributed by atoms with van der Waals surface area (Å²) in [6.07, 6.45) is 5.09.